The number of hydrogen-bond acceptors (Lipinski definition) is 4. The van der Waals surface area contributed by atoms with Gasteiger partial charge in [0, 0.05) is 110 Å². The number of fused-ring (bicyclic) bond motifs is 6. The number of aromatic amines is 2. The molecular formula is C72H122N2O2S2. The number of hydrogen-bond donors (Lipinski definition) is 2. The van der Waals surface area contributed by atoms with E-state index in [1.807, 2.05) is 118 Å². The SMILES string of the molecule is CC.CC.CC.CC.CC.CC.CC1(C)c2cc[nH]c2C1(C)C.CC1(C)c2cc[nH]c2C1(C)C.CC1(C)c2ccoc2C1(C)C.CC1(C)c2ccoc2C1(C)C.CC1(C)c2ccsc2C1(C)C.CC1(C)c2ccsc2C1(C)C. The molecule has 0 saturated heterocycles. The molecule has 0 aliphatic heterocycles. The van der Waals surface area contributed by atoms with Crippen molar-refractivity contribution >= 4 is 22.7 Å². The summed E-state index contributed by atoms with van der Waals surface area (Å²) in [5, 5.41) is 4.42. The smallest absolute Gasteiger partial charge is 0.113 e. The molecule has 0 spiro atoms. The van der Waals surface area contributed by atoms with E-state index in [9.17, 15) is 0 Å². The molecule has 0 aromatic carbocycles. The molecule has 444 valence electrons. The van der Waals surface area contributed by atoms with E-state index in [0.29, 0.717) is 43.3 Å². The van der Waals surface area contributed by atoms with Crippen LogP contribution in [0.4, 0.5) is 0 Å². The molecule has 6 aliphatic carbocycles. The third-order valence-corrected chi connectivity index (χ3v) is 23.6. The van der Waals surface area contributed by atoms with Gasteiger partial charge in [-0.15, -0.1) is 22.7 Å². The minimum absolute atomic E-state index is 0.214. The Bertz CT molecular complexity index is 2070. The molecule has 6 aromatic heterocycles. The van der Waals surface area contributed by atoms with Crippen LogP contribution in [-0.4, -0.2) is 9.97 Å². The van der Waals surface area contributed by atoms with Gasteiger partial charge in [0.15, 0.2) is 0 Å². The average molecular weight is 1110 g/mol. The minimum Gasteiger partial charge on any atom is -0.468 e. The number of thiophene rings is 2. The second-order valence-corrected chi connectivity index (χ2v) is 28.5. The molecule has 6 heterocycles. The van der Waals surface area contributed by atoms with Crippen LogP contribution in [-0.2, 0) is 65.0 Å². The first-order valence-corrected chi connectivity index (χ1v) is 32.3. The van der Waals surface area contributed by atoms with E-state index in [-0.39, 0.29) is 21.7 Å². The van der Waals surface area contributed by atoms with Crippen molar-refractivity contribution in [2.24, 2.45) is 0 Å². The summed E-state index contributed by atoms with van der Waals surface area (Å²) < 4.78 is 10.8. The highest BCUT2D eigenvalue weighted by atomic mass is 32.1. The van der Waals surface area contributed by atoms with Crippen molar-refractivity contribution in [2.45, 2.75) is 314 Å². The number of nitrogens with one attached hydrogen (secondary N) is 2. The van der Waals surface area contributed by atoms with Gasteiger partial charge in [-0.25, -0.2) is 0 Å². The van der Waals surface area contributed by atoms with Gasteiger partial charge in [-0.05, 0) is 69.4 Å². The van der Waals surface area contributed by atoms with Gasteiger partial charge in [0.25, 0.3) is 0 Å². The lowest BCUT2D eigenvalue weighted by Gasteiger charge is -2.51. The van der Waals surface area contributed by atoms with Crippen molar-refractivity contribution in [3.63, 3.8) is 0 Å². The lowest BCUT2D eigenvalue weighted by atomic mass is 9.52. The number of aromatic nitrogens is 2. The summed E-state index contributed by atoms with van der Waals surface area (Å²) >= 11 is 3.80. The largest absolute Gasteiger partial charge is 0.468 e. The minimum atomic E-state index is 0.214. The summed E-state index contributed by atoms with van der Waals surface area (Å²) in [6.07, 6.45) is 7.67. The van der Waals surface area contributed by atoms with E-state index < -0.39 is 0 Å². The third-order valence-electron chi connectivity index (χ3n) is 21.1. The summed E-state index contributed by atoms with van der Waals surface area (Å²) in [6.45, 7) is 79.1. The van der Waals surface area contributed by atoms with Crippen LogP contribution in [0.25, 0.3) is 0 Å². The zero-order valence-corrected chi connectivity index (χ0v) is 59.2. The molecular weight excluding hydrogens is 989 g/mol. The molecule has 0 saturated carbocycles. The molecule has 0 atom stereocenters. The first-order valence-electron chi connectivity index (χ1n) is 30.6. The lowest BCUT2D eigenvalue weighted by Crippen LogP contribution is -2.50. The monoisotopic (exact) mass is 1110 g/mol. The van der Waals surface area contributed by atoms with Gasteiger partial charge in [0.2, 0.25) is 0 Å². The summed E-state index contributed by atoms with van der Waals surface area (Å²) in [7, 11) is 0. The Hall–Kier alpha value is -3.48. The van der Waals surface area contributed by atoms with Crippen molar-refractivity contribution in [3.05, 3.63) is 138 Å². The fourth-order valence-electron chi connectivity index (χ4n) is 11.4. The van der Waals surface area contributed by atoms with Crippen LogP contribution in [0.2, 0.25) is 0 Å². The predicted octanol–water partition coefficient (Wildman–Crippen LogP) is 23.7. The van der Waals surface area contributed by atoms with E-state index in [2.05, 4.69) is 223 Å². The Labute approximate surface area is 491 Å². The topological polar surface area (TPSA) is 57.9 Å². The first-order chi connectivity index (χ1) is 35.9. The van der Waals surface area contributed by atoms with Crippen molar-refractivity contribution < 1.29 is 8.83 Å². The highest BCUT2D eigenvalue weighted by molar-refractivity contribution is 7.10. The Kier molecular flexibility index (Phi) is 24.0. The van der Waals surface area contributed by atoms with Crippen molar-refractivity contribution in [1.29, 1.82) is 0 Å². The second kappa shape index (κ2) is 25.8. The Morgan fingerprint density at radius 3 is 0.744 bits per heavy atom. The highest BCUT2D eigenvalue weighted by Crippen LogP contribution is 2.60. The maximum atomic E-state index is 5.40. The van der Waals surface area contributed by atoms with Crippen molar-refractivity contribution in [1.82, 2.24) is 9.97 Å². The average Bonchev–Trinajstić information content (AvgIpc) is 4.28. The Morgan fingerprint density at radius 1 is 0.269 bits per heavy atom. The van der Waals surface area contributed by atoms with Crippen LogP contribution in [0.5, 0.6) is 0 Å². The fraction of sp³-hybridized carbons (Fsp3) is 0.667. The zero-order chi connectivity index (χ0) is 61.7. The Morgan fingerprint density at radius 2 is 0.513 bits per heavy atom. The van der Waals surface area contributed by atoms with Crippen molar-refractivity contribution in [2.75, 3.05) is 0 Å². The molecule has 78 heavy (non-hydrogen) atoms. The summed E-state index contributed by atoms with van der Waals surface area (Å²) in [6, 6.07) is 13.1. The van der Waals surface area contributed by atoms with Crippen LogP contribution in [0, 0.1) is 0 Å². The second-order valence-electron chi connectivity index (χ2n) is 26.7. The van der Waals surface area contributed by atoms with E-state index in [4.69, 9.17) is 8.83 Å². The summed E-state index contributed by atoms with van der Waals surface area (Å²) in [4.78, 5) is 9.77. The molecule has 0 radical (unpaired) electrons. The van der Waals surface area contributed by atoms with Gasteiger partial charge in [-0.2, -0.15) is 0 Å². The van der Waals surface area contributed by atoms with E-state index in [1.54, 1.807) is 33.4 Å². The van der Waals surface area contributed by atoms with Crippen LogP contribution >= 0.6 is 22.7 Å². The standard InChI is InChI=1S/2C10H15N.2C10H14O.2C10H14S.6C2H6/c6*1-9(2)7-5-6-11-8(7)10(9,3)4;6*1-2/h2*5-6,11H,1-4H3;4*5-6H,1-4H3;6*1-2H3. The highest BCUT2D eigenvalue weighted by Gasteiger charge is 2.57. The van der Waals surface area contributed by atoms with Gasteiger partial charge < -0.3 is 18.8 Å². The molecule has 6 aromatic rings. The lowest BCUT2D eigenvalue weighted by molar-refractivity contribution is 0.190. The van der Waals surface area contributed by atoms with Crippen LogP contribution in [0.3, 0.4) is 0 Å². The molecule has 6 heteroatoms. The molecule has 0 unspecified atom stereocenters. The van der Waals surface area contributed by atoms with Gasteiger partial charge in [-0.3, -0.25) is 0 Å². The molecule has 12 rings (SSSR count). The molecule has 0 amide bonds. The van der Waals surface area contributed by atoms with E-state index in [0.717, 1.165) is 0 Å². The number of H-pyrrole nitrogens is 2. The van der Waals surface area contributed by atoms with E-state index in [1.165, 1.54) is 45.2 Å². The van der Waals surface area contributed by atoms with Crippen LogP contribution < -0.4 is 0 Å². The predicted molar refractivity (Wildman–Crippen MR) is 352 cm³/mol. The van der Waals surface area contributed by atoms with Crippen LogP contribution in [0.15, 0.2) is 80.9 Å². The Balaban J connectivity index is 0.000000450. The zero-order valence-electron chi connectivity index (χ0n) is 57.6. The number of rotatable bonds is 0. The van der Waals surface area contributed by atoms with Gasteiger partial charge in [-0.1, -0.05) is 249 Å². The molecule has 6 aliphatic rings. The van der Waals surface area contributed by atoms with Crippen LogP contribution in [0.1, 0.15) is 315 Å². The number of furan rings is 2. The van der Waals surface area contributed by atoms with Gasteiger partial charge in [0.1, 0.15) is 11.5 Å². The third kappa shape index (κ3) is 11.1. The molecule has 0 fully saturated rings. The normalized spacial score (nSPS) is 20.8. The maximum Gasteiger partial charge on any atom is 0.113 e. The van der Waals surface area contributed by atoms with Gasteiger partial charge in [0.05, 0.1) is 12.5 Å². The molecule has 0 bridgehead atoms. The van der Waals surface area contributed by atoms with Crippen molar-refractivity contribution in [3.8, 4) is 0 Å². The maximum absolute atomic E-state index is 5.40. The van der Waals surface area contributed by atoms with Gasteiger partial charge >= 0.3 is 0 Å². The molecule has 2 N–H and O–H groups in total. The summed E-state index contributed by atoms with van der Waals surface area (Å²) in [5.41, 5.74) is 15.6. The summed E-state index contributed by atoms with van der Waals surface area (Å²) in [5.74, 6) is 2.34. The molecule has 4 nitrogen and oxygen atoms in total. The fourth-order valence-corrected chi connectivity index (χ4v) is 14.0. The van der Waals surface area contributed by atoms with E-state index >= 15 is 0 Å². The quantitative estimate of drug-likeness (QED) is 0.159. The first kappa shape index (κ1) is 72.5.